The van der Waals surface area contributed by atoms with Crippen LogP contribution in [-0.4, -0.2) is 36.0 Å². The van der Waals surface area contributed by atoms with Crippen molar-refractivity contribution in [3.8, 4) is 0 Å². The topological polar surface area (TPSA) is 32.3 Å². The van der Waals surface area contributed by atoms with E-state index in [2.05, 4.69) is 78.7 Å². The predicted octanol–water partition coefficient (Wildman–Crippen LogP) is 5.76. The lowest BCUT2D eigenvalue weighted by Crippen LogP contribution is -2.65. The highest BCUT2D eigenvalue weighted by atomic mass is 16.2. The van der Waals surface area contributed by atoms with E-state index in [-0.39, 0.29) is 22.3 Å². The second kappa shape index (κ2) is 8.22. The van der Waals surface area contributed by atoms with Crippen molar-refractivity contribution in [3.63, 3.8) is 0 Å². The molecule has 1 aliphatic heterocycles. The Kier molecular flexibility index (Phi) is 5.40. The molecule has 1 saturated heterocycles. The van der Waals surface area contributed by atoms with Gasteiger partial charge in [0.2, 0.25) is 5.91 Å². The first kappa shape index (κ1) is 22.3. The van der Waals surface area contributed by atoms with Crippen molar-refractivity contribution in [1.82, 2.24) is 10.2 Å². The molecule has 0 aromatic heterocycles. The summed E-state index contributed by atoms with van der Waals surface area (Å²) in [6, 6.07) is 20.0. The maximum absolute atomic E-state index is 13.4. The fourth-order valence-corrected chi connectivity index (χ4v) is 8.80. The van der Waals surface area contributed by atoms with Crippen molar-refractivity contribution in [2.45, 2.75) is 81.6 Å². The van der Waals surface area contributed by atoms with Crippen molar-refractivity contribution < 1.29 is 4.79 Å². The summed E-state index contributed by atoms with van der Waals surface area (Å²) in [5, 5.41) is 3.65. The molecule has 4 saturated carbocycles. The minimum atomic E-state index is 0.0163. The number of aryl methyl sites for hydroxylation is 1. The van der Waals surface area contributed by atoms with Gasteiger partial charge in [0.15, 0.2) is 0 Å². The first-order valence-corrected chi connectivity index (χ1v) is 13.5. The molecule has 0 spiro atoms. The highest BCUT2D eigenvalue weighted by molar-refractivity contribution is 5.79. The van der Waals surface area contributed by atoms with E-state index in [4.69, 9.17) is 0 Å². The van der Waals surface area contributed by atoms with Crippen LogP contribution in [0.3, 0.4) is 0 Å². The minimum Gasteiger partial charge on any atom is -0.350 e. The first-order chi connectivity index (χ1) is 16.4. The van der Waals surface area contributed by atoms with Crippen LogP contribution in [-0.2, 0) is 15.6 Å². The first-order valence-electron chi connectivity index (χ1n) is 13.5. The van der Waals surface area contributed by atoms with Gasteiger partial charge in [-0.3, -0.25) is 9.69 Å². The van der Waals surface area contributed by atoms with E-state index < -0.39 is 0 Å². The normalized spacial score (nSPS) is 34.2. The zero-order valence-electron chi connectivity index (χ0n) is 21.0. The highest BCUT2D eigenvalue weighted by Gasteiger charge is 2.58. The van der Waals surface area contributed by atoms with Crippen molar-refractivity contribution in [2.24, 2.45) is 11.8 Å². The maximum Gasteiger partial charge on any atom is 0.234 e. The van der Waals surface area contributed by atoms with Gasteiger partial charge in [-0.1, -0.05) is 61.5 Å². The Morgan fingerprint density at radius 2 is 1.59 bits per heavy atom. The molecule has 2 aromatic rings. The highest BCUT2D eigenvalue weighted by Crippen LogP contribution is 2.62. The molecule has 180 valence electrons. The van der Waals surface area contributed by atoms with Gasteiger partial charge in [-0.15, -0.1) is 0 Å². The van der Waals surface area contributed by atoms with E-state index in [1.807, 2.05) is 0 Å². The van der Waals surface area contributed by atoms with E-state index in [1.54, 1.807) is 0 Å². The van der Waals surface area contributed by atoms with Gasteiger partial charge >= 0.3 is 0 Å². The lowest BCUT2D eigenvalue weighted by Gasteiger charge is -2.62. The molecular weight excluding hydrogens is 416 g/mol. The third kappa shape index (κ3) is 3.90. The molecule has 0 unspecified atom stereocenters. The third-order valence-corrected chi connectivity index (χ3v) is 9.97. The molecule has 4 bridgehead atoms. The number of rotatable bonds is 5. The zero-order chi connectivity index (χ0) is 23.4. The van der Waals surface area contributed by atoms with E-state index >= 15 is 0 Å². The number of benzene rings is 2. The van der Waals surface area contributed by atoms with Crippen LogP contribution in [0.25, 0.3) is 0 Å². The summed E-state index contributed by atoms with van der Waals surface area (Å²) in [6.45, 7) is 7.20. The molecule has 5 fully saturated rings. The van der Waals surface area contributed by atoms with Crippen molar-refractivity contribution in [3.05, 3.63) is 71.3 Å². The van der Waals surface area contributed by atoms with Gasteiger partial charge in [-0.2, -0.15) is 0 Å². The molecule has 4 atom stereocenters. The van der Waals surface area contributed by atoms with E-state index in [9.17, 15) is 4.79 Å². The number of likely N-dealkylation sites (tertiary alicyclic amines) is 1. The number of amides is 1. The van der Waals surface area contributed by atoms with Crippen LogP contribution in [0, 0.1) is 18.8 Å². The fourth-order valence-electron chi connectivity index (χ4n) is 8.80. The Bertz CT molecular complexity index is 1040. The Morgan fingerprint density at radius 1 is 0.941 bits per heavy atom. The fraction of sp³-hybridized carbons (Fsp3) is 0.581. The zero-order valence-corrected chi connectivity index (χ0v) is 21.0. The lowest BCUT2D eigenvalue weighted by atomic mass is 9.45. The van der Waals surface area contributed by atoms with Crippen molar-refractivity contribution in [2.75, 3.05) is 19.6 Å². The predicted molar refractivity (Wildman–Crippen MR) is 138 cm³/mol. The molecule has 2 aromatic carbocycles. The lowest BCUT2D eigenvalue weighted by molar-refractivity contribution is -0.129. The van der Waals surface area contributed by atoms with Crippen molar-refractivity contribution in [1.29, 1.82) is 0 Å². The summed E-state index contributed by atoms with van der Waals surface area (Å²) in [5.41, 5.74) is 4.90. The monoisotopic (exact) mass is 456 g/mol. The largest absolute Gasteiger partial charge is 0.350 e. The molecule has 1 heterocycles. The van der Waals surface area contributed by atoms with Gasteiger partial charge in [-0.25, -0.2) is 0 Å². The third-order valence-electron chi connectivity index (χ3n) is 9.97. The molecule has 3 heteroatoms. The quantitative estimate of drug-likeness (QED) is 0.621. The van der Waals surface area contributed by atoms with E-state index in [0.29, 0.717) is 6.54 Å². The Balaban J connectivity index is 1.11. The maximum atomic E-state index is 13.4. The number of hydrogen-bond acceptors (Lipinski definition) is 2. The summed E-state index contributed by atoms with van der Waals surface area (Å²) in [4.78, 5) is 15.8. The Morgan fingerprint density at radius 3 is 2.26 bits per heavy atom. The Hall–Kier alpha value is -2.13. The number of carbonyl (C=O) groups excluding carboxylic acids is 1. The summed E-state index contributed by atoms with van der Waals surface area (Å²) >= 11 is 0. The molecule has 0 radical (unpaired) electrons. The summed E-state index contributed by atoms with van der Waals surface area (Å²) in [6.07, 6.45) is 9.76. The second-order valence-electron chi connectivity index (χ2n) is 12.6. The summed E-state index contributed by atoms with van der Waals surface area (Å²) < 4.78 is 0. The standard InChI is InChI=1S/C31H40N2O/c1-23-8-6-7-11-27(23)29(2)12-14-33(15-13-29)21-28(34)32-31-19-24-16-25(20-31)18-30(17-24,22-31)26-9-4-3-5-10-26/h3-11,24-25H,12-22H2,1-2H3,(H,32,34)/t24-,25+,30-,31-. The van der Waals surface area contributed by atoms with Crippen molar-refractivity contribution >= 4 is 5.91 Å². The second-order valence-corrected chi connectivity index (χ2v) is 12.6. The number of hydrogen-bond donors (Lipinski definition) is 1. The summed E-state index contributed by atoms with van der Waals surface area (Å²) in [5.74, 6) is 1.79. The van der Waals surface area contributed by atoms with Gasteiger partial charge < -0.3 is 5.32 Å². The van der Waals surface area contributed by atoms with Crippen LogP contribution in [0.5, 0.6) is 0 Å². The molecule has 3 nitrogen and oxygen atoms in total. The van der Waals surface area contributed by atoms with Crippen LogP contribution in [0.4, 0.5) is 0 Å². The van der Waals surface area contributed by atoms with E-state index in [1.165, 1.54) is 48.8 Å². The molecule has 7 rings (SSSR count). The molecule has 1 amide bonds. The number of piperidine rings is 1. The molecule has 5 aliphatic rings. The molecular formula is C31H40N2O. The van der Waals surface area contributed by atoms with Gasteiger partial charge in [0.25, 0.3) is 0 Å². The molecule has 34 heavy (non-hydrogen) atoms. The average Bonchev–Trinajstić information content (AvgIpc) is 2.80. The SMILES string of the molecule is Cc1ccccc1C1(C)CCN(CC(=O)N[C@@]23C[C@H]4C[C@@H](C2)C[C@@](c2ccccc2)(C4)C3)CC1. The Labute approximate surface area is 205 Å². The van der Waals surface area contributed by atoms with Crippen LogP contribution in [0.15, 0.2) is 54.6 Å². The molecule has 4 aliphatic carbocycles. The average molecular weight is 457 g/mol. The van der Waals surface area contributed by atoms with Gasteiger partial charge in [0.05, 0.1) is 6.54 Å². The van der Waals surface area contributed by atoms with Gasteiger partial charge in [0.1, 0.15) is 0 Å². The van der Waals surface area contributed by atoms with E-state index in [0.717, 1.165) is 44.2 Å². The summed E-state index contributed by atoms with van der Waals surface area (Å²) in [7, 11) is 0. The number of carbonyl (C=O) groups is 1. The van der Waals surface area contributed by atoms with Crippen LogP contribution >= 0.6 is 0 Å². The van der Waals surface area contributed by atoms with Crippen LogP contribution < -0.4 is 5.32 Å². The van der Waals surface area contributed by atoms with Crippen LogP contribution in [0.2, 0.25) is 0 Å². The van der Waals surface area contributed by atoms with Gasteiger partial charge in [0, 0.05) is 5.54 Å². The molecule has 1 N–H and O–H groups in total. The van der Waals surface area contributed by atoms with Crippen LogP contribution in [0.1, 0.15) is 75.0 Å². The van der Waals surface area contributed by atoms with Gasteiger partial charge in [-0.05, 0) is 111 Å². The number of nitrogens with one attached hydrogen (secondary N) is 1. The minimum absolute atomic E-state index is 0.0163. The number of nitrogens with zero attached hydrogens (tertiary/aromatic N) is 1. The smallest absolute Gasteiger partial charge is 0.234 e.